The lowest BCUT2D eigenvalue weighted by Gasteiger charge is -2.12. The number of benzene rings is 3. The molecule has 0 saturated carbocycles. The molecular weight excluding hydrogens is 356 g/mol. The van der Waals surface area contributed by atoms with Crippen LogP contribution < -0.4 is 14.2 Å². The molecule has 0 aromatic heterocycles. The summed E-state index contributed by atoms with van der Waals surface area (Å²) in [6.07, 6.45) is 0. The van der Waals surface area contributed by atoms with Gasteiger partial charge >= 0.3 is 5.97 Å². The summed E-state index contributed by atoms with van der Waals surface area (Å²) < 4.78 is 21.9. The van der Waals surface area contributed by atoms with E-state index < -0.39 is 5.97 Å². The molecule has 0 spiro atoms. The van der Waals surface area contributed by atoms with E-state index in [1.54, 1.807) is 25.3 Å². The average molecular weight is 378 g/mol. The maximum absolute atomic E-state index is 12.5. The molecule has 0 radical (unpaired) electrons. The SMILES string of the molecule is COc1ccc(COC(=O)c2ccccc2OCCOc2ccccc2)cc1. The highest BCUT2D eigenvalue weighted by atomic mass is 16.5. The van der Waals surface area contributed by atoms with E-state index in [0.29, 0.717) is 24.5 Å². The van der Waals surface area contributed by atoms with Gasteiger partial charge in [0, 0.05) is 0 Å². The number of ether oxygens (including phenoxy) is 4. The van der Waals surface area contributed by atoms with Crippen LogP contribution >= 0.6 is 0 Å². The van der Waals surface area contributed by atoms with E-state index in [-0.39, 0.29) is 6.61 Å². The number of para-hydroxylation sites is 2. The highest BCUT2D eigenvalue weighted by Gasteiger charge is 2.14. The minimum absolute atomic E-state index is 0.175. The first kappa shape index (κ1) is 19.3. The Hall–Kier alpha value is -3.47. The van der Waals surface area contributed by atoms with Gasteiger partial charge in [-0.05, 0) is 42.0 Å². The van der Waals surface area contributed by atoms with Crippen molar-refractivity contribution in [1.82, 2.24) is 0 Å². The molecule has 0 amide bonds. The van der Waals surface area contributed by atoms with Crippen LogP contribution in [-0.2, 0) is 11.3 Å². The number of hydrogen-bond donors (Lipinski definition) is 0. The van der Waals surface area contributed by atoms with Gasteiger partial charge in [0.15, 0.2) is 0 Å². The largest absolute Gasteiger partial charge is 0.497 e. The van der Waals surface area contributed by atoms with Crippen molar-refractivity contribution in [2.45, 2.75) is 6.61 Å². The van der Waals surface area contributed by atoms with Crippen molar-refractivity contribution in [3.63, 3.8) is 0 Å². The van der Waals surface area contributed by atoms with E-state index in [1.807, 2.05) is 60.7 Å². The Morgan fingerprint density at radius 2 is 1.43 bits per heavy atom. The standard InChI is InChI=1S/C23H22O5/c1-25-19-13-11-18(12-14-19)17-28-23(24)21-9-5-6-10-22(21)27-16-15-26-20-7-3-2-4-8-20/h2-14H,15-17H2,1H3. The zero-order chi connectivity index (χ0) is 19.6. The lowest BCUT2D eigenvalue weighted by molar-refractivity contribution is 0.0467. The normalized spacial score (nSPS) is 10.2. The van der Waals surface area contributed by atoms with Gasteiger partial charge in [0.2, 0.25) is 0 Å². The second-order valence-electron chi connectivity index (χ2n) is 5.93. The molecule has 3 rings (SSSR count). The van der Waals surface area contributed by atoms with Gasteiger partial charge in [-0.3, -0.25) is 0 Å². The first-order chi connectivity index (χ1) is 13.8. The Labute approximate surface area is 164 Å². The summed E-state index contributed by atoms with van der Waals surface area (Å²) in [5.74, 6) is 1.57. The third-order valence-electron chi connectivity index (χ3n) is 3.99. The van der Waals surface area contributed by atoms with E-state index in [2.05, 4.69) is 0 Å². The first-order valence-corrected chi connectivity index (χ1v) is 8.96. The van der Waals surface area contributed by atoms with Crippen molar-refractivity contribution in [3.8, 4) is 17.2 Å². The number of esters is 1. The second-order valence-corrected chi connectivity index (χ2v) is 5.93. The molecule has 0 bridgehead atoms. The summed E-state index contributed by atoms with van der Waals surface area (Å²) in [6, 6.07) is 23.9. The maximum Gasteiger partial charge on any atom is 0.342 e. The van der Waals surface area contributed by atoms with Crippen molar-refractivity contribution in [1.29, 1.82) is 0 Å². The topological polar surface area (TPSA) is 54.0 Å². The molecular formula is C23H22O5. The Balaban J connectivity index is 1.52. The molecule has 3 aromatic carbocycles. The van der Waals surface area contributed by atoms with Crippen LogP contribution in [0.3, 0.4) is 0 Å². The molecule has 144 valence electrons. The van der Waals surface area contributed by atoms with Gasteiger partial charge in [0.05, 0.1) is 7.11 Å². The quantitative estimate of drug-likeness (QED) is 0.405. The van der Waals surface area contributed by atoms with Crippen LogP contribution in [0.1, 0.15) is 15.9 Å². The Morgan fingerprint density at radius 3 is 2.18 bits per heavy atom. The average Bonchev–Trinajstić information content (AvgIpc) is 2.76. The van der Waals surface area contributed by atoms with E-state index in [1.165, 1.54) is 0 Å². The zero-order valence-corrected chi connectivity index (χ0v) is 15.7. The number of carbonyl (C=O) groups is 1. The lowest BCUT2D eigenvalue weighted by Crippen LogP contribution is -2.12. The van der Waals surface area contributed by atoms with E-state index in [4.69, 9.17) is 18.9 Å². The molecule has 0 aliphatic heterocycles. The van der Waals surface area contributed by atoms with Crippen molar-refractivity contribution in [3.05, 3.63) is 90.0 Å². The summed E-state index contributed by atoms with van der Waals surface area (Å²) in [7, 11) is 1.61. The molecule has 0 atom stereocenters. The lowest BCUT2D eigenvalue weighted by atomic mass is 10.2. The number of rotatable bonds is 9. The number of methoxy groups -OCH3 is 1. The zero-order valence-electron chi connectivity index (χ0n) is 15.7. The molecule has 0 aliphatic rings. The maximum atomic E-state index is 12.5. The molecule has 5 heteroatoms. The fourth-order valence-electron chi connectivity index (χ4n) is 2.54. The molecule has 0 N–H and O–H groups in total. The van der Waals surface area contributed by atoms with Crippen LogP contribution in [0.15, 0.2) is 78.9 Å². The minimum atomic E-state index is -0.435. The smallest absolute Gasteiger partial charge is 0.342 e. The van der Waals surface area contributed by atoms with E-state index in [9.17, 15) is 4.79 Å². The molecule has 28 heavy (non-hydrogen) atoms. The van der Waals surface area contributed by atoms with Gasteiger partial charge in [-0.15, -0.1) is 0 Å². The van der Waals surface area contributed by atoms with Gasteiger partial charge in [-0.25, -0.2) is 4.79 Å². The highest BCUT2D eigenvalue weighted by molar-refractivity contribution is 5.92. The highest BCUT2D eigenvalue weighted by Crippen LogP contribution is 2.20. The minimum Gasteiger partial charge on any atom is -0.497 e. The van der Waals surface area contributed by atoms with Crippen LogP contribution in [0.5, 0.6) is 17.2 Å². The Kier molecular flexibility index (Phi) is 6.90. The summed E-state index contributed by atoms with van der Waals surface area (Å²) in [5, 5.41) is 0. The van der Waals surface area contributed by atoms with Gasteiger partial charge in [-0.2, -0.15) is 0 Å². The molecule has 0 saturated heterocycles. The van der Waals surface area contributed by atoms with Crippen LogP contribution in [0.25, 0.3) is 0 Å². The van der Waals surface area contributed by atoms with Crippen molar-refractivity contribution in [2.75, 3.05) is 20.3 Å². The molecule has 0 unspecified atom stereocenters. The fraction of sp³-hybridized carbons (Fsp3) is 0.174. The first-order valence-electron chi connectivity index (χ1n) is 8.96. The molecule has 0 fully saturated rings. The van der Waals surface area contributed by atoms with Crippen molar-refractivity contribution >= 4 is 5.97 Å². The predicted molar refractivity (Wildman–Crippen MR) is 106 cm³/mol. The summed E-state index contributed by atoms with van der Waals surface area (Å²) in [4.78, 5) is 12.5. The van der Waals surface area contributed by atoms with Crippen molar-refractivity contribution < 1.29 is 23.7 Å². The van der Waals surface area contributed by atoms with Crippen molar-refractivity contribution in [2.24, 2.45) is 0 Å². The third kappa shape index (κ3) is 5.51. The van der Waals surface area contributed by atoms with Gasteiger partial charge in [0.1, 0.15) is 42.6 Å². The molecule has 5 nitrogen and oxygen atoms in total. The summed E-state index contributed by atoms with van der Waals surface area (Å²) >= 11 is 0. The molecule has 0 heterocycles. The van der Waals surface area contributed by atoms with Gasteiger partial charge in [0.25, 0.3) is 0 Å². The van der Waals surface area contributed by atoms with Crippen LogP contribution in [0, 0.1) is 0 Å². The second kappa shape index (κ2) is 10.0. The Bertz CT molecular complexity index is 875. The third-order valence-corrected chi connectivity index (χ3v) is 3.99. The van der Waals surface area contributed by atoms with E-state index >= 15 is 0 Å². The van der Waals surface area contributed by atoms with Crippen LogP contribution in [0.4, 0.5) is 0 Å². The van der Waals surface area contributed by atoms with Gasteiger partial charge in [-0.1, -0.05) is 42.5 Å². The molecule has 0 aliphatic carbocycles. The van der Waals surface area contributed by atoms with Gasteiger partial charge < -0.3 is 18.9 Å². The number of carbonyl (C=O) groups excluding carboxylic acids is 1. The fourth-order valence-corrected chi connectivity index (χ4v) is 2.54. The molecule has 3 aromatic rings. The monoisotopic (exact) mass is 378 g/mol. The van der Waals surface area contributed by atoms with Crippen LogP contribution in [0.2, 0.25) is 0 Å². The number of hydrogen-bond acceptors (Lipinski definition) is 5. The van der Waals surface area contributed by atoms with Crippen LogP contribution in [-0.4, -0.2) is 26.3 Å². The predicted octanol–water partition coefficient (Wildman–Crippen LogP) is 4.51. The van der Waals surface area contributed by atoms with E-state index in [0.717, 1.165) is 17.1 Å². The summed E-state index contributed by atoms with van der Waals surface area (Å²) in [5.41, 5.74) is 1.26. The Morgan fingerprint density at radius 1 is 0.750 bits per heavy atom. The summed E-state index contributed by atoms with van der Waals surface area (Å²) in [6.45, 7) is 0.866.